The molecule has 2 heterocycles. The second-order valence-corrected chi connectivity index (χ2v) is 7.89. The summed E-state index contributed by atoms with van der Waals surface area (Å²) >= 11 is 6.35. The molecule has 3 rings (SSSR count). The number of carbonyl (C=O) groups excluding carboxylic acids is 2. The van der Waals surface area contributed by atoms with Crippen LogP contribution in [0.15, 0.2) is 18.2 Å². The van der Waals surface area contributed by atoms with Gasteiger partial charge < -0.3 is 15.5 Å². The summed E-state index contributed by atoms with van der Waals surface area (Å²) in [4.78, 5) is 26.8. The van der Waals surface area contributed by atoms with Gasteiger partial charge in [0.15, 0.2) is 0 Å². The number of anilines is 1. The van der Waals surface area contributed by atoms with E-state index in [9.17, 15) is 9.59 Å². The topological polar surface area (TPSA) is 61.4 Å². The van der Waals surface area contributed by atoms with Crippen molar-refractivity contribution in [1.82, 2.24) is 10.2 Å². The van der Waals surface area contributed by atoms with Gasteiger partial charge in [0, 0.05) is 24.7 Å². The molecule has 2 aliphatic rings. The van der Waals surface area contributed by atoms with E-state index in [4.69, 9.17) is 11.6 Å². The molecule has 27 heavy (non-hydrogen) atoms. The summed E-state index contributed by atoms with van der Waals surface area (Å²) in [5.41, 5.74) is 1.16. The van der Waals surface area contributed by atoms with Gasteiger partial charge in [-0.3, -0.25) is 9.59 Å². The highest BCUT2D eigenvalue weighted by Crippen LogP contribution is 2.26. The van der Waals surface area contributed by atoms with Crippen LogP contribution in [0.1, 0.15) is 55.8 Å². The fourth-order valence-corrected chi connectivity index (χ4v) is 4.10. The molecule has 0 spiro atoms. The van der Waals surface area contributed by atoms with E-state index in [0.717, 1.165) is 45.3 Å². The van der Waals surface area contributed by atoms with Gasteiger partial charge in [-0.05, 0) is 76.2 Å². The third kappa shape index (κ3) is 5.84. The average molecular weight is 414 g/mol. The van der Waals surface area contributed by atoms with Crippen molar-refractivity contribution in [2.75, 3.05) is 25.0 Å². The Hall–Kier alpha value is -1.30. The van der Waals surface area contributed by atoms with Crippen molar-refractivity contribution in [3.63, 3.8) is 0 Å². The van der Waals surface area contributed by atoms with Gasteiger partial charge in [-0.2, -0.15) is 0 Å². The quantitative estimate of drug-likeness (QED) is 0.763. The smallest absolute Gasteiger partial charge is 0.255 e. The average Bonchev–Trinajstić information content (AvgIpc) is 3.13. The molecule has 0 aromatic heterocycles. The van der Waals surface area contributed by atoms with E-state index in [1.807, 2.05) is 4.90 Å². The summed E-state index contributed by atoms with van der Waals surface area (Å²) in [5.74, 6) is 0.571. The van der Waals surface area contributed by atoms with E-state index in [1.54, 1.807) is 18.2 Å². The lowest BCUT2D eigenvalue weighted by atomic mass is 10.0. The molecule has 0 aliphatic carbocycles. The number of nitrogens with zero attached hydrogens (tertiary/aromatic N) is 1. The maximum atomic E-state index is 12.8. The number of amides is 2. The van der Waals surface area contributed by atoms with Crippen LogP contribution in [0.5, 0.6) is 0 Å². The number of benzene rings is 1. The van der Waals surface area contributed by atoms with Crippen LogP contribution in [-0.4, -0.2) is 42.4 Å². The minimum Gasteiger partial charge on any atom is -0.336 e. The van der Waals surface area contributed by atoms with Gasteiger partial charge in [0.25, 0.3) is 5.91 Å². The molecular formula is C20H29Cl2N3O2. The molecule has 2 saturated heterocycles. The molecule has 2 amide bonds. The first kappa shape index (κ1) is 22.0. The predicted octanol–water partition coefficient (Wildman–Crippen LogP) is 4.10. The molecular weight excluding hydrogens is 385 g/mol. The largest absolute Gasteiger partial charge is 0.336 e. The van der Waals surface area contributed by atoms with Gasteiger partial charge >= 0.3 is 0 Å². The highest BCUT2D eigenvalue weighted by molar-refractivity contribution is 6.34. The summed E-state index contributed by atoms with van der Waals surface area (Å²) in [6.07, 6.45) is 5.80. The zero-order valence-corrected chi connectivity index (χ0v) is 17.4. The number of nitrogens with one attached hydrogen (secondary N) is 2. The Balaban J connectivity index is 0.00000261. The zero-order valence-electron chi connectivity index (χ0n) is 15.8. The lowest BCUT2D eigenvalue weighted by Crippen LogP contribution is -2.42. The van der Waals surface area contributed by atoms with Crippen LogP contribution in [0.3, 0.4) is 0 Å². The number of piperidine rings is 1. The molecule has 1 aromatic carbocycles. The van der Waals surface area contributed by atoms with Crippen molar-refractivity contribution in [3.05, 3.63) is 28.8 Å². The van der Waals surface area contributed by atoms with Crippen molar-refractivity contribution in [1.29, 1.82) is 0 Å². The molecule has 2 unspecified atom stereocenters. The van der Waals surface area contributed by atoms with Crippen molar-refractivity contribution < 1.29 is 9.59 Å². The summed E-state index contributed by atoms with van der Waals surface area (Å²) < 4.78 is 0. The highest BCUT2D eigenvalue weighted by Gasteiger charge is 2.25. The first-order valence-electron chi connectivity index (χ1n) is 9.65. The number of rotatable bonds is 5. The Morgan fingerprint density at radius 2 is 2.11 bits per heavy atom. The van der Waals surface area contributed by atoms with E-state index in [-0.39, 0.29) is 30.3 Å². The first-order chi connectivity index (χ1) is 12.5. The number of likely N-dealkylation sites (tertiary alicyclic amines) is 1. The van der Waals surface area contributed by atoms with E-state index in [0.29, 0.717) is 28.6 Å². The SMILES string of the molecule is CC1CCCCN1C(=O)c1ccc(NC(=O)CCC2CCNC2)cc1Cl.Cl. The van der Waals surface area contributed by atoms with Crippen LogP contribution in [0, 0.1) is 5.92 Å². The molecule has 0 saturated carbocycles. The number of halogens is 2. The first-order valence-corrected chi connectivity index (χ1v) is 10.0. The second kappa shape index (κ2) is 10.3. The maximum absolute atomic E-state index is 12.8. The Kier molecular flexibility index (Phi) is 8.39. The predicted molar refractivity (Wildman–Crippen MR) is 112 cm³/mol. The summed E-state index contributed by atoms with van der Waals surface area (Å²) in [6.45, 7) is 4.92. The third-order valence-electron chi connectivity index (χ3n) is 5.49. The lowest BCUT2D eigenvalue weighted by molar-refractivity contribution is -0.116. The Morgan fingerprint density at radius 3 is 2.78 bits per heavy atom. The molecule has 2 atom stereocenters. The van der Waals surface area contributed by atoms with Gasteiger partial charge in [0.2, 0.25) is 5.91 Å². The molecule has 2 N–H and O–H groups in total. The standard InChI is InChI=1S/C20H28ClN3O2.ClH/c1-14-4-2-3-11-24(14)20(26)17-7-6-16(12-18(17)21)23-19(25)8-5-15-9-10-22-13-15;/h6-7,12,14-15,22H,2-5,8-11,13H2,1H3,(H,23,25);1H. The zero-order chi connectivity index (χ0) is 18.5. The fourth-order valence-electron chi connectivity index (χ4n) is 3.84. The number of hydrogen-bond acceptors (Lipinski definition) is 3. The van der Waals surface area contributed by atoms with Crippen molar-refractivity contribution in [3.8, 4) is 0 Å². The maximum Gasteiger partial charge on any atom is 0.255 e. The van der Waals surface area contributed by atoms with Crippen LogP contribution >= 0.6 is 24.0 Å². The normalized spacial score (nSPS) is 22.2. The van der Waals surface area contributed by atoms with Crippen LogP contribution in [0.25, 0.3) is 0 Å². The van der Waals surface area contributed by atoms with E-state index in [2.05, 4.69) is 17.6 Å². The summed E-state index contributed by atoms with van der Waals surface area (Å²) in [7, 11) is 0. The van der Waals surface area contributed by atoms with Gasteiger partial charge in [-0.1, -0.05) is 11.6 Å². The molecule has 150 valence electrons. The molecule has 5 nitrogen and oxygen atoms in total. The monoisotopic (exact) mass is 413 g/mol. The number of hydrogen-bond donors (Lipinski definition) is 2. The molecule has 0 bridgehead atoms. The molecule has 2 aliphatic heterocycles. The molecule has 0 radical (unpaired) electrons. The summed E-state index contributed by atoms with van der Waals surface area (Å²) in [6, 6.07) is 5.42. The Bertz CT molecular complexity index is 663. The van der Waals surface area contributed by atoms with Crippen molar-refractivity contribution in [2.45, 2.75) is 51.5 Å². The fraction of sp³-hybridized carbons (Fsp3) is 0.600. The van der Waals surface area contributed by atoms with Crippen LogP contribution in [-0.2, 0) is 4.79 Å². The lowest BCUT2D eigenvalue weighted by Gasteiger charge is -2.33. The van der Waals surface area contributed by atoms with Gasteiger partial charge in [-0.25, -0.2) is 0 Å². The Morgan fingerprint density at radius 1 is 1.30 bits per heavy atom. The van der Waals surface area contributed by atoms with Crippen molar-refractivity contribution in [2.24, 2.45) is 5.92 Å². The minimum atomic E-state index is -0.0196. The van der Waals surface area contributed by atoms with E-state index < -0.39 is 0 Å². The third-order valence-corrected chi connectivity index (χ3v) is 5.80. The summed E-state index contributed by atoms with van der Waals surface area (Å²) in [5, 5.41) is 6.60. The second-order valence-electron chi connectivity index (χ2n) is 7.48. The van der Waals surface area contributed by atoms with Crippen LogP contribution in [0.4, 0.5) is 5.69 Å². The number of carbonyl (C=O) groups is 2. The Labute approximate surface area is 172 Å². The van der Waals surface area contributed by atoms with Gasteiger partial charge in [0.05, 0.1) is 10.6 Å². The van der Waals surface area contributed by atoms with Crippen LogP contribution < -0.4 is 10.6 Å². The highest BCUT2D eigenvalue weighted by atomic mass is 35.5. The van der Waals surface area contributed by atoms with E-state index in [1.165, 1.54) is 6.42 Å². The molecule has 7 heteroatoms. The van der Waals surface area contributed by atoms with Crippen LogP contribution in [0.2, 0.25) is 5.02 Å². The van der Waals surface area contributed by atoms with E-state index >= 15 is 0 Å². The van der Waals surface area contributed by atoms with Gasteiger partial charge in [0.1, 0.15) is 0 Å². The van der Waals surface area contributed by atoms with Crippen molar-refractivity contribution >= 4 is 41.5 Å². The molecule has 2 fully saturated rings. The minimum absolute atomic E-state index is 0. The molecule has 1 aromatic rings. The van der Waals surface area contributed by atoms with Gasteiger partial charge in [-0.15, -0.1) is 12.4 Å².